The molecule has 0 radical (unpaired) electrons. The van der Waals surface area contributed by atoms with Crippen LogP contribution in [0.3, 0.4) is 0 Å². The average molecular weight is 294 g/mol. The Balaban J connectivity index is 1.76. The molecule has 1 fully saturated rings. The molecule has 1 aliphatic heterocycles. The van der Waals surface area contributed by atoms with E-state index in [0.717, 1.165) is 37.5 Å². The van der Waals surface area contributed by atoms with Gasteiger partial charge in [-0.15, -0.1) is 11.8 Å². The number of carbonyl (C=O) groups excluding carboxylic acids is 1. The zero-order valence-corrected chi connectivity index (χ0v) is 12.7. The van der Waals surface area contributed by atoms with E-state index in [1.165, 1.54) is 5.56 Å². The zero-order valence-electron chi connectivity index (χ0n) is 11.9. The number of thioether (sulfide) groups is 1. The van der Waals surface area contributed by atoms with Gasteiger partial charge in [-0.1, -0.05) is 12.1 Å². The lowest BCUT2D eigenvalue weighted by atomic mass is 10.1. The van der Waals surface area contributed by atoms with Crippen LogP contribution in [-0.2, 0) is 16.1 Å². The molecule has 20 heavy (non-hydrogen) atoms. The summed E-state index contributed by atoms with van der Waals surface area (Å²) in [7, 11) is 1.93. The first kappa shape index (κ1) is 15.4. The molecule has 2 rings (SSSR count). The second-order valence-electron chi connectivity index (χ2n) is 4.92. The number of hydrogen-bond acceptors (Lipinski definition) is 4. The molecule has 0 aromatic heterocycles. The van der Waals surface area contributed by atoms with Gasteiger partial charge in [0.15, 0.2) is 0 Å². The van der Waals surface area contributed by atoms with Gasteiger partial charge in [0.05, 0.1) is 5.75 Å². The first-order chi connectivity index (χ1) is 9.78. The molecule has 0 aliphatic carbocycles. The Bertz CT molecular complexity index is 434. The van der Waals surface area contributed by atoms with Crippen LogP contribution >= 0.6 is 11.8 Å². The number of benzene rings is 1. The van der Waals surface area contributed by atoms with E-state index >= 15 is 0 Å². The number of ether oxygens (including phenoxy) is 1. The SMILES string of the molecule is CNCc1cccc(SCC(=O)NC2CCOCC2)c1. The third-order valence-electron chi connectivity index (χ3n) is 3.24. The van der Waals surface area contributed by atoms with E-state index in [9.17, 15) is 4.79 Å². The molecule has 0 spiro atoms. The molecule has 4 nitrogen and oxygen atoms in total. The van der Waals surface area contributed by atoms with E-state index in [2.05, 4.69) is 22.8 Å². The van der Waals surface area contributed by atoms with Crippen molar-refractivity contribution >= 4 is 17.7 Å². The third kappa shape index (κ3) is 5.15. The summed E-state index contributed by atoms with van der Waals surface area (Å²) in [5.74, 6) is 0.585. The Hall–Kier alpha value is -1.04. The molecular weight excluding hydrogens is 272 g/mol. The van der Waals surface area contributed by atoms with Crippen LogP contribution in [0.4, 0.5) is 0 Å². The van der Waals surface area contributed by atoms with Gasteiger partial charge in [0, 0.05) is 30.7 Å². The van der Waals surface area contributed by atoms with Crippen LogP contribution in [0, 0.1) is 0 Å². The normalized spacial score (nSPS) is 16.1. The minimum absolute atomic E-state index is 0.112. The average Bonchev–Trinajstić information content (AvgIpc) is 2.47. The van der Waals surface area contributed by atoms with Crippen molar-refractivity contribution in [3.63, 3.8) is 0 Å². The summed E-state index contributed by atoms with van der Waals surface area (Å²) in [4.78, 5) is 13.0. The van der Waals surface area contributed by atoms with E-state index in [1.807, 2.05) is 19.2 Å². The standard InChI is InChI=1S/C15H22N2O2S/c1-16-10-12-3-2-4-14(9-12)20-11-15(18)17-13-5-7-19-8-6-13/h2-4,9,13,16H,5-8,10-11H2,1H3,(H,17,18). The van der Waals surface area contributed by atoms with Gasteiger partial charge >= 0.3 is 0 Å². The van der Waals surface area contributed by atoms with E-state index in [4.69, 9.17) is 4.74 Å². The first-order valence-electron chi connectivity index (χ1n) is 7.01. The van der Waals surface area contributed by atoms with Gasteiger partial charge in [-0.2, -0.15) is 0 Å². The molecule has 0 bridgehead atoms. The second kappa shape index (κ2) is 8.29. The molecule has 1 aromatic rings. The lowest BCUT2D eigenvalue weighted by molar-refractivity contribution is -0.119. The van der Waals surface area contributed by atoms with Crippen LogP contribution in [0.25, 0.3) is 0 Å². The summed E-state index contributed by atoms with van der Waals surface area (Å²) in [6.45, 7) is 2.36. The second-order valence-corrected chi connectivity index (χ2v) is 5.97. The maximum Gasteiger partial charge on any atom is 0.230 e. The fraction of sp³-hybridized carbons (Fsp3) is 0.533. The van der Waals surface area contributed by atoms with Crippen LogP contribution in [0.5, 0.6) is 0 Å². The highest BCUT2D eigenvalue weighted by molar-refractivity contribution is 8.00. The van der Waals surface area contributed by atoms with Crippen molar-refractivity contribution in [2.24, 2.45) is 0 Å². The molecule has 5 heteroatoms. The molecule has 1 heterocycles. The quantitative estimate of drug-likeness (QED) is 0.786. The van der Waals surface area contributed by atoms with Gasteiger partial charge in [-0.3, -0.25) is 4.79 Å². The van der Waals surface area contributed by atoms with Crippen LogP contribution in [0.1, 0.15) is 18.4 Å². The molecule has 110 valence electrons. The van der Waals surface area contributed by atoms with Gasteiger partial charge in [-0.05, 0) is 37.6 Å². The Morgan fingerprint density at radius 1 is 1.40 bits per heavy atom. The van der Waals surface area contributed by atoms with Crippen LogP contribution < -0.4 is 10.6 Å². The molecular formula is C15H22N2O2S. The van der Waals surface area contributed by atoms with Crippen molar-refractivity contribution in [1.82, 2.24) is 10.6 Å². The van der Waals surface area contributed by atoms with E-state index in [0.29, 0.717) is 5.75 Å². The Labute approximate surface area is 124 Å². The summed E-state index contributed by atoms with van der Waals surface area (Å²) < 4.78 is 5.28. The summed E-state index contributed by atoms with van der Waals surface area (Å²) in [5, 5.41) is 6.21. The monoisotopic (exact) mass is 294 g/mol. The molecule has 1 aromatic carbocycles. The third-order valence-corrected chi connectivity index (χ3v) is 4.23. The fourth-order valence-corrected chi connectivity index (χ4v) is 3.00. The maximum atomic E-state index is 11.9. The lowest BCUT2D eigenvalue weighted by Gasteiger charge is -2.23. The number of hydrogen-bond donors (Lipinski definition) is 2. The topological polar surface area (TPSA) is 50.4 Å². The van der Waals surface area contributed by atoms with Crippen molar-refractivity contribution in [3.05, 3.63) is 29.8 Å². The van der Waals surface area contributed by atoms with Crippen LogP contribution in [0.2, 0.25) is 0 Å². The van der Waals surface area contributed by atoms with Crippen molar-refractivity contribution in [3.8, 4) is 0 Å². The predicted octanol–water partition coefficient (Wildman–Crippen LogP) is 1.79. The van der Waals surface area contributed by atoms with Gasteiger partial charge in [0.25, 0.3) is 0 Å². The van der Waals surface area contributed by atoms with Crippen molar-refractivity contribution < 1.29 is 9.53 Å². The molecule has 0 atom stereocenters. The molecule has 0 unspecified atom stereocenters. The van der Waals surface area contributed by atoms with Gasteiger partial charge in [-0.25, -0.2) is 0 Å². The minimum Gasteiger partial charge on any atom is -0.381 e. The van der Waals surface area contributed by atoms with Crippen LogP contribution in [0.15, 0.2) is 29.2 Å². The molecule has 1 saturated heterocycles. The lowest BCUT2D eigenvalue weighted by Crippen LogP contribution is -2.39. The highest BCUT2D eigenvalue weighted by Gasteiger charge is 2.15. The van der Waals surface area contributed by atoms with Crippen molar-refractivity contribution in [2.45, 2.75) is 30.3 Å². The minimum atomic E-state index is 0.112. The maximum absolute atomic E-state index is 11.9. The van der Waals surface area contributed by atoms with Gasteiger partial charge < -0.3 is 15.4 Å². The summed E-state index contributed by atoms with van der Waals surface area (Å²) in [6, 6.07) is 8.58. The Morgan fingerprint density at radius 2 is 2.20 bits per heavy atom. The fourth-order valence-electron chi connectivity index (χ4n) is 2.21. The van der Waals surface area contributed by atoms with E-state index in [1.54, 1.807) is 11.8 Å². The summed E-state index contributed by atoms with van der Waals surface area (Å²) in [5.41, 5.74) is 1.24. The molecule has 0 saturated carbocycles. The predicted molar refractivity (Wildman–Crippen MR) is 81.9 cm³/mol. The highest BCUT2D eigenvalue weighted by atomic mass is 32.2. The van der Waals surface area contributed by atoms with Crippen LogP contribution in [-0.4, -0.2) is 38.0 Å². The number of amides is 1. The Kier molecular flexibility index (Phi) is 6.36. The first-order valence-corrected chi connectivity index (χ1v) is 8.00. The summed E-state index contributed by atoms with van der Waals surface area (Å²) >= 11 is 1.59. The number of rotatable bonds is 6. The van der Waals surface area contributed by atoms with Gasteiger partial charge in [0.2, 0.25) is 5.91 Å². The highest BCUT2D eigenvalue weighted by Crippen LogP contribution is 2.19. The molecule has 1 aliphatic rings. The number of carbonyl (C=O) groups is 1. The van der Waals surface area contributed by atoms with E-state index in [-0.39, 0.29) is 11.9 Å². The zero-order chi connectivity index (χ0) is 14.2. The molecule has 2 N–H and O–H groups in total. The van der Waals surface area contributed by atoms with E-state index < -0.39 is 0 Å². The van der Waals surface area contributed by atoms with Crippen molar-refractivity contribution in [2.75, 3.05) is 26.0 Å². The summed E-state index contributed by atoms with van der Waals surface area (Å²) in [6.07, 6.45) is 1.85. The van der Waals surface area contributed by atoms with Gasteiger partial charge in [0.1, 0.15) is 0 Å². The smallest absolute Gasteiger partial charge is 0.230 e. The molecule has 1 amide bonds. The Morgan fingerprint density at radius 3 is 2.95 bits per heavy atom. The largest absolute Gasteiger partial charge is 0.381 e. The van der Waals surface area contributed by atoms with Crippen molar-refractivity contribution in [1.29, 1.82) is 0 Å². The number of nitrogens with one attached hydrogen (secondary N) is 2.